The average molecular weight is 918 g/mol. The van der Waals surface area contributed by atoms with Crippen molar-refractivity contribution in [2.24, 2.45) is 22.7 Å². The van der Waals surface area contributed by atoms with Crippen molar-refractivity contribution < 1.29 is 70.8 Å². The average Bonchev–Trinajstić information content (AvgIpc) is 3.15. The van der Waals surface area contributed by atoms with E-state index in [0.29, 0.717) is 29.1 Å². The first kappa shape index (κ1) is 50.5. The van der Waals surface area contributed by atoms with Crippen LogP contribution in [0.5, 0.6) is 23.0 Å². The molecule has 0 heterocycles. The number of rotatable bonds is 11. The molecule has 4 atom stereocenters. The van der Waals surface area contributed by atoms with E-state index in [2.05, 4.69) is 97.0 Å². The van der Waals surface area contributed by atoms with Crippen molar-refractivity contribution in [2.45, 2.75) is 132 Å². The zero-order valence-corrected chi connectivity index (χ0v) is 41.7. The van der Waals surface area contributed by atoms with Gasteiger partial charge >= 0.3 is 11.9 Å². The van der Waals surface area contributed by atoms with E-state index in [4.69, 9.17) is 23.7 Å². The largest absolute Gasteiger partial charge is 0.610 e. The van der Waals surface area contributed by atoms with E-state index in [0.717, 1.165) is 77.7 Å². The monoisotopic (exact) mass is 917 g/mol. The minimum absolute atomic E-state index is 0. The van der Waals surface area contributed by atoms with Gasteiger partial charge in [-0.15, -0.1) is 6.07 Å². The predicted molar refractivity (Wildman–Crippen MR) is 240 cm³/mol. The number of hydrogen-bond acceptors (Lipinski definition) is 8. The van der Waals surface area contributed by atoms with Crippen LogP contribution in [0.4, 0.5) is 0 Å². The van der Waals surface area contributed by atoms with Crippen molar-refractivity contribution in [3.63, 3.8) is 0 Å². The molecule has 4 aromatic carbocycles. The molecule has 4 unspecified atom stereocenters. The molecule has 0 bridgehead atoms. The normalized spacial score (nSPS) is 22.4. The number of carbonyl (C=O) groups excluding carboxylic acids is 4. The Morgan fingerprint density at radius 3 is 1.19 bits per heavy atom. The minimum Gasteiger partial charge on any atom is -0.610 e. The van der Waals surface area contributed by atoms with Gasteiger partial charge in [0.2, 0.25) is 0 Å². The molecule has 2 fully saturated rings. The summed E-state index contributed by atoms with van der Waals surface area (Å²) in [7, 11) is 1.70. The van der Waals surface area contributed by atoms with E-state index in [9.17, 15) is 14.4 Å². The van der Waals surface area contributed by atoms with Crippen LogP contribution in [-0.4, -0.2) is 31.8 Å². The molecule has 0 N–H and O–H groups in total. The molecule has 0 aliphatic heterocycles. The fourth-order valence-electron chi connectivity index (χ4n) is 11.2. The topological polar surface area (TPSA) is 105 Å². The smallest absolute Gasteiger partial charge is 0.322 e. The maximum Gasteiger partial charge on any atom is 0.322 e. The second-order valence-electron chi connectivity index (χ2n) is 19.5. The van der Waals surface area contributed by atoms with E-state index >= 15 is 0 Å². The molecule has 329 valence electrons. The van der Waals surface area contributed by atoms with E-state index in [1.54, 1.807) is 13.6 Å². The summed E-state index contributed by atoms with van der Waals surface area (Å²) in [6.45, 7) is 24.8. The van der Waals surface area contributed by atoms with E-state index in [1.165, 1.54) is 24.3 Å². The maximum absolute atomic E-state index is 13.2. The van der Waals surface area contributed by atoms with Gasteiger partial charge in [-0.2, -0.15) is 6.92 Å². The first-order chi connectivity index (χ1) is 28.7. The number of hydrogen-bond donors (Lipinski definition) is 0. The summed E-state index contributed by atoms with van der Waals surface area (Å²) in [5, 5.41) is 0. The molecule has 2 aliphatic carbocycles. The van der Waals surface area contributed by atoms with Crippen molar-refractivity contribution in [3.8, 4) is 23.0 Å². The standard InChI is InChI=1S/C51H61O7.C2H3O.Y/c1-32-25-48(7,8)29-50(27-32,38-12-16-42(55-11)34(3)20-38)40-14-18-44(36(5)22-40)57-46(53)24-47(54)58-45-19-15-41(23-37(45)6)51(28-33(2)26-49(9,10)30-51)39-13-17-43(56-31-52)35(4)21-39;1-2-3;/h12-23,32-33H,24-30H2,1-11H3;1H3;/q2*-1;. The molecule has 1 radical (unpaired) electrons. The zero-order chi connectivity index (χ0) is 44.9. The number of esters is 2. The van der Waals surface area contributed by atoms with Crippen LogP contribution in [-0.2, 0) is 62.7 Å². The number of carbonyl (C=O) groups is 2. The molecule has 0 spiro atoms. The fourth-order valence-corrected chi connectivity index (χ4v) is 11.2. The van der Waals surface area contributed by atoms with Crippen LogP contribution in [0.1, 0.15) is 138 Å². The Morgan fingerprint density at radius 2 is 0.903 bits per heavy atom. The Kier molecular flexibility index (Phi) is 16.8. The van der Waals surface area contributed by atoms with Crippen molar-refractivity contribution in [1.29, 1.82) is 0 Å². The molecular weight excluding hydrogens is 853 g/mol. The van der Waals surface area contributed by atoms with Gasteiger partial charge in [0, 0.05) is 43.5 Å². The van der Waals surface area contributed by atoms with Gasteiger partial charge in [-0.25, -0.2) is 0 Å². The van der Waals surface area contributed by atoms with Crippen molar-refractivity contribution >= 4 is 24.7 Å². The Morgan fingerprint density at radius 1 is 0.581 bits per heavy atom. The van der Waals surface area contributed by atoms with Crippen LogP contribution in [0.3, 0.4) is 0 Å². The molecule has 0 aromatic heterocycles. The molecular formula is C53H64O8Y-2. The summed E-state index contributed by atoms with van der Waals surface area (Å²) in [5.74, 6) is 1.84. The van der Waals surface area contributed by atoms with Crippen LogP contribution in [0.2, 0.25) is 0 Å². The van der Waals surface area contributed by atoms with Gasteiger partial charge in [0.05, 0.1) is 7.11 Å². The van der Waals surface area contributed by atoms with Gasteiger partial charge in [-0.1, -0.05) is 103 Å². The number of benzene rings is 4. The Bertz CT molecular complexity index is 2260. The van der Waals surface area contributed by atoms with Gasteiger partial charge in [0.15, 0.2) is 6.47 Å². The van der Waals surface area contributed by atoms with Crippen molar-refractivity contribution in [1.82, 2.24) is 0 Å². The summed E-state index contributed by atoms with van der Waals surface area (Å²) < 4.78 is 22.3. The molecule has 0 saturated heterocycles. The number of methoxy groups -OCH3 is 1. The van der Waals surface area contributed by atoms with Crippen LogP contribution in [0, 0.1) is 50.4 Å². The zero-order valence-electron chi connectivity index (χ0n) is 38.9. The summed E-state index contributed by atoms with van der Waals surface area (Å²) in [5.41, 5.74) is 8.04. The van der Waals surface area contributed by atoms with Gasteiger partial charge in [0.25, 0.3) is 0 Å². The quantitative estimate of drug-likeness (QED) is 0.0634. The number of ether oxygens (including phenoxy) is 4. The second kappa shape index (κ2) is 20.6. The molecule has 9 heteroatoms. The van der Waals surface area contributed by atoms with Crippen LogP contribution in [0.15, 0.2) is 72.8 Å². The summed E-state index contributed by atoms with van der Waals surface area (Å²) >= 11 is 0. The molecule has 6 rings (SSSR count). The van der Waals surface area contributed by atoms with Crippen LogP contribution in [0.25, 0.3) is 0 Å². The molecule has 4 aromatic rings. The van der Waals surface area contributed by atoms with E-state index in [1.807, 2.05) is 45.0 Å². The summed E-state index contributed by atoms with van der Waals surface area (Å²) in [4.78, 5) is 46.1. The Balaban J connectivity index is 0.00000205. The Labute approximate surface area is 395 Å². The SMILES string of the molecule is COc1ccc(C2(c3ccc(OC(=O)CC(=O)Oc4ccc(C5(c6ccc(O[C-]=O)c(C)c6)CC(C)CC(C)(C)C5)cc4C)c(C)c3)CC(C)CC(C)(C)C2)cc1C.C[C-]=O.[Y]. The van der Waals surface area contributed by atoms with Crippen molar-refractivity contribution in [2.75, 3.05) is 7.11 Å². The molecule has 2 saturated carbocycles. The fraction of sp³-hybridized carbons (Fsp3) is 0.472. The van der Waals surface area contributed by atoms with Gasteiger partial charge in [-0.3, -0.25) is 15.9 Å². The number of aryl methyl sites for hydroxylation is 4. The first-order valence-electron chi connectivity index (χ1n) is 21.4. The third-order valence-corrected chi connectivity index (χ3v) is 12.8. The Hall–Kier alpha value is -4.14. The van der Waals surface area contributed by atoms with Crippen molar-refractivity contribution in [3.05, 3.63) is 117 Å². The van der Waals surface area contributed by atoms with Gasteiger partial charge in [-0.05, 0) is 145 Å². The van der Waals surface area contributed by atoms with Crippen LogP contribution >= 0.6 is 0 Å². The van der Waals surface area contributed by atoms with Gasteiger partial charge < -0.3 is 28.5 Å². The molecule has 2 aliphatic rings. The van der Waals surface area contributed by atoms with Gasteiger partial charge in [0.1, 0.15) is 23.7 Å². The third kappa shape index (κ3) is 11.5. The molecule has 8 nitrogen and oxygen atoms in total. The molecule has 0 amide bonds. The van der Waals surface area contributed by atoms with E-state index < -0.39 is 18.4 Å². The third-order valence-electron chi connectivity index (χ3n) is 12.8. The minimum atomic E-state index is -0.678. The first-order valence-corrected chi connectivity index (χ1v) is 21.4. The predicted octanol–water partition coefficient (Wildman–Crippen LogP) is 11.7. The molecule has 62 heavy (non-hydrogen) atoms. The summed E-state index contributed by atoms with van der Waals surface area (Å²) in [6.07, 6.45) is 7.12. The second-order valence-corrected chi connectivity index (χ2v) is 19.5. The van der Waals surface area contributed by atoms with E-state index in [-0.39, 0.29) is 54.4 Å². The maximum atomic E-state index is 13.2. The summed E-state index contributed by atoms with van der Waals surface area (Å²) in [6, 6.07) is 24.6. The van der Waals surface area contributed by atoms with Crippen LogP contribution < -0.4 is 18.9 Å².